The van der Waals surface area contributed by atoms with E-state index < -0.39 is 0 Å². The first kappa shape index (κ1) is 10.3. The smallest absolute Gasteiger partial charge is 0.0968 e. The van der Waals surface area contributed by atoms with E-state index in [1.54, 1.807) is 11.8 Å². The number of rotatable bonds is 3. The van der Waals surface area contributed by atoms with Gasteiger partial charge in [-0.15, -0.1) is 11.8 Å². The molecule has 1 rings (SSSR count). The Morgan fingerprint density at radius 3 is 2.85 bits per heavy atom. The molecule has 0 amide bonds. The molecule has 1 unspecified atom stereocenters. The lowest BCUT2D eigenvalue weighted by Gasteiger charge is -2.07. The van der Waals surface area contributed by atoms with Crippen molar-refractivity contribution in [2.45, 2.75) is 24.1 Å². The lowest BCUT2D eigenvalue weighted by atomic mass is 10.3. The number of aromatic nitrogens is 1. The van der Waals surface area contributed by atoms with Crippen LogP contribution in [-0.4, -0.2) is 21.9 Å². The number of pyridine rings is 1. The number of nitrogens with zero attached hydrogens (tertiary/aromatic N) is 1. The van der Waals surface area contributed by atoms with Gasteiger partial charge in [-0.1, -0.05) is 6.92 Å². The van der Waals surface area contributed by atoms with E-state index in [9.17, 15) is 0 Å². The number of thioether (sulfide) groups is 1. The van der Waals surface area contributed by atoms with Crippen molar-refractivity contribution in [2.75, 3.05) is 12.3 Å². The minimum Gasteiger partial charge on any atom is -0.397 e. The zero-order chi connectivity index (χ0) is 9.84. The van der Waals surface area contributed by atoms with E-state index in [1.165, 1.54) is 0 Å². The van der Waals surface area contributed by atoms with Crippen molar-refractivity contribution in [2.24, 2.45) is 0 Å². The third-order valence-corrected chi connectivity index (χ3v) is 2.70. The summed E-state index contributed by atoms with van der Waals surface area (Å²) >= 11 is 1.55. The summed E-state index contributed by atoms with van der Waals surface area (Å²) in [5.41, 5.74) is 7.18. The fourth-order valence-electron chi connectivity index (χ4n) is 0.858. The Kier molecular flexibility index (Phi) is 3.57. The van der Waals surface area contributed by atoms with Crippen molar-refractivity contribution < 1.29 is 5.11 Å². The monoisotopic (exact) mass is 198 g/mol. The van der Waals surface area contributed by atoms with E-state index in [1.807, 2.05) is 26.0 Å². The summed E-state index contributed by atoms with van der Waals surface area (Å²) in [7, 11) is 0. The predicted octanol–water partition coefficient (Wildman–Crippen LogP) is 1.45. The molecule has 0 radical (unpaired) electrons. The summed E-state index contributed by atoms with van der Waals surface area (Å²) in [4.78, 5) is 4.29. The van der Waals surface area contributed by atoms with Crippen LogP contribution in [0.3, 0.4) is 0 Å². The van der Waals surface area contributed by atoms with Crippen molar-refractivity contribution >= 4 is 17.4 Å². The molecule has 13 heavy (non-hydrogen) atoms. The molecule has 1 aromatic rings. The van der Waals surface area contributed by atoms with Crippen molar-refractivity contribution in [3.63, 3.8) is 0 Å². The van der Waals surface area contributed by atoms with Gasteiger partial charge in [0.2, 0.25) is 0 Å². The molecule has 72 valence electrons. The SMILES string of the molecule is Cc1nc(SC(C)CO)ccc1N. The minimum absolute atomic E-state index is 0.162. The van der Waals surface area contributed by atoms with Crippen molar-refractivity contribution in [1.29, 1.82) is 0 Å². The average Bonchev–Trinajstić information content (AvgIpc) is 2.11. The quantitative estimate of drug-likeness (QED) is 0.722. The van der Waals surface area contributed by atoms with E-state index in [2.05, 4.69) is 4.98 Å². The van der Waals surface area contributed by atoms with Crippen LogP contribution in [0.2, 0.25) is 0 Å². The highest BCUT2D eigenvalue weighted by molar-refractivity contribution is 7.99. The summed E-state index contributed by atoms with van der Waals surface area (Å²) in [5, 5.41) is 9.93. The molecule has 0 saturated heterocycles. The topological polar surface area (TPSA) is 59.1 Å². The van der Waals surface area contributed by atoms with Crippen LogP contribution in [0.15, 0.2) is 17.2 Å². The molecule has 4 heteroatoms. The lowest BCUT2D eigenvalue weighted by Crippen LogP contribution is -2.03. The van der Waals surface area contributed by atoms with Gasteiger partial charge >= 0.3 is 0 Å². The molecular weight excluding hydrogens is 184 g/mol. The van der Waals surface area contributed by atoms with E-state index in [-0.39, 0.29) is 11.9 Å². The molecule has 0 aliphatic heterocycles. The maximum Gasteiger partial charge on any atom is 0.0968 e. The first-order chi connectivity index (χ1) is 6.13. The van der Waals surface area contributed by atoms with E-state index in [0.29, 0.717) is 5.69 Å². The summed E-state index contributed by atoms with van der Waals surface area (Å²) in [6.07, 6.45) is 0. The molecule has 0 saturated carbocycles. The number of aryl methyl sites for hydroxylation is 1. The van der Waals surface area contributed by atoms with Crippen LogP contribution in [0.25, 0.3) is 0 Å². The van der Waals surface area contributed by atoms with Gasteiger partial charge in [0.05, 0.1) is 23.0 Å². The van der Waals surface area contributed by atoms with Crippen LogP contribution in [0.1, 0.15) is 12.6 Å². The Morgan fingerprint density at radius 2 is 2.31 bits per heavy atom. The largest absolute Gasteiger partial charge is 0.397 e. The summed E-state index contributed by atoms with van der Waals surface area (Å²) in [6, 6.07) is 3.72. The fourth-order valence-corrected chi connectivity index (χ4v) is 1.68. The van der Waals surface area contributed by atoms with Crippen LogP contribution in [-0.2, 0) is 0 Å². The Balaban J connectivity index is 2.73. The Hall–Kier alpha value is -0.740. The predicted molar refractivity (Wildman–Crippen MR) is 55.8 cm³/mol. The van der Waals surface area contributed by atoms with Gasteiger partial charge in [-0.3, -0.25) is 0 Å². The number of aliphatic hydroxyl groups excluding tert-OH is 1. The van der Waals surface area contributed by atoms with Gasteiger partial charge in [0.25, 0.3) is 0 Å². The van der Waals surface area contributed by atoms with Crippen LogP contribution < -0.4 is 5.73 Å². The molecule has 1 aromatic heterocycles. The van der Waals surface area contributed by atoms with Crippen LogP contribution in [0.4, 0.5) is 5.69 Å². The molecule has 3 N–H and O–H groups in total. The van der Waals surface area contributed by atoms with Gasteiger partial charge in [0, 0.05) is 5.25 Å². The highest BCUT2D eigenvalue weighted by Crippen LogP contribution is 2.22. The molecule has 0 aromatic carbocycles. The van der Waals surface area contributed by atoms with Gasteiger partial charge in [-0.25, -0.2) is 4.98 Å². The fraction of sp³-hybridized carbons (Fsp3) is 0.444. The lowest BCUT2D eigenvalue weighted by molar-refractivity contribution is 0.300. The minimum atomic E-state index is 0.162. The third-order valence-electron chi connectivity index (χ3n) is 1.68. The zero-order valence-electron chi connectivity index (χ0n) is 7.82. The van der Waals surface area contributed by atoms with Crippen molar-refractivity contribution in [1.82, 2.24) is 4.98 Å². The second kappa shape index (κ2) is 4.48. The first-order valence-electron chi connectivity index (χ1n) is 4.14. The number of hydrogen-bond donors (Lipinski definition) is 2. The summed E-state index contributed by atoms with van der Waals surface area (Å²) < 4.78 is 0. The Morgan fingerprint density at radius 1 is 1.62 bits per heavy atom. The number of aliphatic hydroxyl groups is 1. The van der Waals surface area contributed by atoms with Crippen LogP contribution in [0, 0.1) is 6.92 Å². The second-order valence-corrected chi connectivity index (χ2v) is 4.39. The van der Waals surface area contributed by atoms with E-state index in [0.717, 1.165) is 10.7 Å². The number of nitrogen functional groups attached to an aromatic ring is 1. The van der Waals surface area contributed by atoms with Gasteiger partial charge in [0.15, 0.2) is 0 Å². The second-order valence-electron chi connectivity index (χ2n) is 2.94. The maximum atomic E-state index is 8.85. The van der Waals surface area contributed by atoms with Gasteiger partial charge in [-0.2, -0.15) is 0 Å². The van der Waals surface area contributed by atoms with Gasteiger partial charge in [-0.05, 0) is 19.1 Å². The molecule has 0 bridgehead atoms. The Labute approximate surface area is 82.4 Å². The number of nitrogens with two attached hydrogens (primary N) is 1. The van der Waals surface area contributed by atoms with E-state index >= 15 is 0 Å². The molecule has 1 heterocycles. The summed E-state index contributed by atoms with van der Waals surface area (Å²) in [6.45, 7) is 4.00. The number of hydrogen-bond acceptors (Lipinski definition) is 4. The normalized spacial score (nSPS) is 12.8. The summed E-state index contributed by atoms with van der Waals surface area (Å²) in [5.74, 6) is 0. The Bertz CT molecular complexity index is 291. The van der Waals surface area contributed by atoms with Crippen LogP contribution >= 0.6 is 11.8 Å². The molecule has 0 aliphatic carbocycles. The van der Waals surface area contributed by atoms with Gasteiger partial charge < -0.3 is 10.8 Å². The molecule has 3 nitrogen and oxygen atoms in total. The molecule has 1 atom stereocenters. The van der Waals surface area contributed by atoms with Crippen molar-refractivity contribution in [3.05, 3.63) is 17.8 Å². The molecule has 0 spiro atoms. The number of anilines is 1. The maximum absolute atomic E-state index is 8.85. The third kappa shape index (κ3) is 2.90. The van der Waals surface area contributed by atoms with E-state index in [4.69, 9.17) is 10.8 Å². The molecular formula is C9H14N2OS. The first-order valence-corrected chi connectivity index (χ1v) is 5.02. The molecule has 0 fully saturated rings. The highest BCUT2D eigenvalue weighted by Gasteiger charge is 2.04. The van der Waals surface area contributed by atoms with Crippen molar-refractivity contribution in [3.8, 4) is 0 Å². The zero-order valence-corrected chi connectivity index (χ0v) is 8.64. The highest BCUT2D eigenvalue weighted by atomic mass is 32.2. The van der Waals surface area contributed by atoms with Gasteiger partial charge in [0.1, 0.15) is 0 Å². The average molecular weight is 198 g/mol. The molecule has 0 aliphatic rings. The standard InChI is InChI=1S/C9H14N2OS/c1-6(5-12)13-9-4-3-8(10)7(2)11-9/h3-4,6,12H,5,10H2,1-2H3. The van der Waals surface area contributed by atoms with Crippen LogP contribution in [0.5, 0.6) is 0 Å².